The highest BCUT2D eigenvalue weighted by Gasteiger charge is 2.48. The van der Waals surface area contributed by atoms with Crippen LogP contribution in [0.4, 0.5) is 10.5 Å². The SMILES string of the molecule is O=C1Nc2ccccc2C2(N1)NC(=O)c1ccccc12. The van der Waals surface area contributed by atoms with Crippen molar-refractivity contribution in [3.8, 4) is 0 Å². The fourth-order valence-electron chi connectivity index (χ4n) is 2.93. The van der Waals surface area contributed by atoms with Crippen molar-refractivity contribution in [2.45, 2.75) is 5.66 Å². The molecule has 4 rings (SSSR count). The number of hydrogen-bond donors (Lipinski definition) is 3. The van der Waals surface area contributed by atoms with Crippen molar-refractivity contribution in [1.29, 1.82) is 0 Å². The molecule has 0 aliphatic carbocycles. The zero-order valence-corrected chi connectivity index (χ0v) is 10.4. The van der Waals surface area contributed by atoms with Crippen LogP contribution >= 0.6 is 0 Å². The van der Waals surface area contributed by atoms with Crippen LogP contribution < -0.4 is 16.0 Å². The fourth-order valence-corrected chi connectivity index (χ4v) is 2.93. The fraction of sp³-hybridized carbons (Fsp3) is 0.0667. The van der Waals surface area contributed by atoms with Gasteiger partial charge in [-0.1, -0.05) is 36.4 Å². The number of urea groups is 1. The molecule has 3 N–H and O–H groups in total. The molecule has 3 amide bonds. The molecule has 2 aromatic rings. The van der Waals surface area contributed by atoms with E-state index in [1.165, 1.54) is 0 Å². The Morgan fingerprint density at radius 3 is 2.35 bits per heavy atom. The monoisotopic (exact) mass is 265 g/mol. The summed E-state index contributed by atoms with van der Waals surface area (Å²) >= 11 is 0. The molecule has 98 valence electrons. The lowest BCUT2D eigenvalue weighted by molar-refractivity contribution is 0.0933. The Morgan fingerprint density at radius 1 is 0.800 bits per heavy atom. The molecule has 1 spiro atoms. The third-order valence-corrected chi connectivity index (χ3v) is 3.76. The zero-order chi connectivity index (χ0) is 13.7. The first-order valence-electron chi connectivity index (χ1n) is 6.31. The Kier molecular flexibility index (Phi) is 1.99. The minimum atomic E-state index is -0.980. The van der Waals surface area contributed by atoms with Gasteiger partial charge in [-0.15, -0.1) is 0 Å². The molecule has 2 aliphatic rings. The van der Waals surface area contributed by atoms with Crippen molar-refractivity contribution in [2.75, 3.05) is 5.32 Å². The van der Waals surface area contributed by atoms with Gasteiger partial charge in [0.2, 0.25) is 0 Å². The third-order valence-electron chi connectivity index (χ3n) is 3.76. The molecule has 0 bridgehead atoms. The number of nitrogens with one attached hydrogen (secondary N) is 3. The molecule has 0 saturated heterocycles. The molecule has 0 aromatic heterocycles. The van der Waals surface area contributed by atoms with Crippen LogP contribution in [0, 0.1) is 0 Å². The molecular formula is C15H11N3O2. The topological polar surface area (TPSA) is 70.2 Å². The quantitative estimate of drug-likeness (QED) is 0.679. The van der Waals surface area contributed by atoms with Crippen molar-refractivity contribution in [3.63, 3.8) is 0 Å². The normalized spacial score (nSPS) is 22.6. The van der Waals surface area contributed by atoms with Crippen LogP contribution in [0.1, 0.15) is 21.5 Å². The summed E-state index contributed by atoms with van der Waals surface area (Å²) in [5.74, 6) is -0.183. The molecule has 20 heavy (non-hydrogen) atoms. The van der Waals surface area contributed by atoms with Gasteiger partial charge in [0.25, 0.3) is 5.91 Å². The van der Waals surface area contributed by atoms with E-state index in [-0.39, 0.29) is 11.9 Å². The molecule has 0 saturated carbocycles. The molecule has 0 fully saturated rings. The first kappa shape index (κ1) is 11.0. The van der Waals surface area contributed by atoms with Crippen molar-refractivity contribution in [1.82, 2.24) is 10.6 Å². The van der Waals surface area contributed by atoms with Crippen molar-refractivity contribution in [2.24, 2.45) is 0 Å². The molecule has 1 atom stereocenters. The zero-order valence-electron chi connectivity index (χ0n) is 10.4. The highest BCUT2D eigenvalue weighted by molar-refractivity contribution is 6.04. The van der Waals surface area contributed by atoms with Gasteiger partial charge in [0.1, 0.15) is 0 Å². The number of anilines is 1. The highest BCUT2D eigenvalue weighted by Crippen LogP contribution is 2.40. The van der Waals surface area contributed by atoms with Crippen molar-refractivity contribution >= 4 is 17.6 Å². The Bertz CT molecular complexity index is 756. The Balaban J connectivity index is 2.04. The van der Waals surface area contributed by atoms with Crippen LogP contribution in [0.2, 0.25) is 0 Å². The molecule has 2 heterocycles. The first-order valence-corrected chi connectivity index (χ1v) is 6.31. The van der Waals surface area contributed by atoms with Gasteiger partial charge in [-0.25, -0.2) is 4.79 Å². The van der Waals surface area contributed by atoms with Gasteiger partial charge in [-0.2, -0.15) is 0 Å². The van der Waals surface area contributed by atoms with Crippen LogP contribution in [0.15, 0.2) is 48.5 Å². The third kappa shape index (κ3) is 1.26. The average molecular weight is 265 g/mol. The van der Waals surface area contributed by atoms with E-state index < -0.39 is 5.66 Å². The minimum Gasteiger partial charge on any atom is -0.321 e. The summed E-state index contributed by atoms with van der Waals surface area (Å²) in [7, 11) is 0. The summed E-state index contributed by atoms with van der Waals surface area (Å²) < 4.78 is 0. The van der Waals surface area contributed by atoms with Crippen LogP contribution in [-0.4, -0.2) is 11.9 Å². The minimum absolute atomic E-state index is 0.183. The molecular weight excluding hydrogens is 254 g/mol. The summed E-state index contributed by atoms with van der Waals surface area (Å²) in [5, 5.41) is 8.52. The second kappa shape index (κ2) is 3.60. The lowest BCUT2D eigenvalue weighted by Gasteiger charge is -2.37. The van der Waals surface area contributed by atoms with Crippen LogP contribution in [0.25, 0.3) is 0 Å². The van der Waals surface area contributed by atoms with Gasteiger partial charge in [0.15, 0.2) is 5.66 Å². The van der Waals surface area contributed by atoms with E-state index >= 15 is 0 Å². The second-order valence-electron chi connectivity index (χ2n) is 4.87. The van der Waals surface area contributed by atoms with E-state index in [4.69, 9.17) is 0 Å². The maximum absolute atomic E-state index is 12.2. The number of para-hydroxylation sites is 1. The van der Waals surface area contributed by atoms with E-state index in [0.29, 0.717) is 11.3 Å². The van der Waals surface area contributed by atoms with Gasteiger partial charge < -0.3 is 16.0 Å². The maximum Gasteiger partial charge on any atom is 0.321 e. The highest BCUT2D eigenvalue weighted by atomic mass is 16.2. The predicted octanol–water partition coefficient (Wildman–Crippen LogP) is 1.77. The van der Waals surface area contributed by atoms with Gasteiger partial charge in [-0.05, 0) is 12.1 Å². The number of carbonyl (C=O) groups is 2. The molecule has 5 nitrogen and oxygen atoms in total. The van der Waals surface area contributed by atoms with Crippen LogP contribution in [-0.2, 0) is 5.66 Å². The van der Waals surface area contributed by atoms with E-state index in [1.54, 1.807) is 6.07 Å². The van der Waals surface area contributed by atoms with Gasteiger partial charge in [0.05, 0.1) is 5.69 Å². The van der Waals surface area contributed by atoms with E-state index in [2.05, 4.69) is 16.0 Å². The summed E-state index contributed by atoms with van der Waals surface area (Å²) in [6.07, 6.45) is 0. The van der Waals surface area contributed by atoms with Crippen molar-refractivity contribution in [3.05, 3.63) is 65.2 Å². The van der Waals surface area contributed by atoms with Crippen molar-refractivity contribution < 1.29 is 9.59 Å². The number of rotatable bonds is 0. The predicted molar refractivity (Wildman–Crippen MR) is 73.3 cm³/mol. The van der Waals surface area contributed by atoms with E-state index in [1.807, 2.05) is 42.5 Å². The van der Waals surface area contributed by atoms with Crippen LogP contribution in [0.3, 0.4) is 0 Å². The lowest BCUT2D eigenvalue weighted by Crippen LogP contribution is -2.58. The molecule has 1 unspecified atom stereocenters. The Hall–Kier alpha value is -2.82. The number of amides is 3. The lowest BCUT2D eigenvalue weighted by atomic mass is 9.89. The summed E-state index contributed by atoms with van der Waals surface area (Å²) in [6.45, 7) is 0. The number of fused-ring (bicyclic) bond motifs is 4. The smallest absolute Gasteiger partial charge is 0.321 e. The second-order valence-corrected chi connectivity index (χ2v) is 4.87. The first-order chi connectivity index (χ1) is 9.71. The number of hydrogen-bond acceptors (Lipinski definition) is 2. The van der Waals surface area contributed by atoms with Gasteiger partial charge >= 0.3 is 6.03 Å². The molecule has 2 aliphatic heterocycles. The Morgan fingerprint density at radius 2 is 1.50 bits per heavy atom. The maximum atomic E-state index is 12.2. The molecule has 5 heteroatoms. The van der Waals surface area contributed by atoms with Gasteiger partial charge in [0, 0.05) is 16.7 Å². The van der Waals surface area contributed by atoms with E-state index in [9.17, 15) is 9.59 Å². The summed E-state index contributed by atoms with van der Waals surface area (Å²) in [5.41, 5.74) is 1.91. The number of carbonyl (C=O) groups excluding carboxylic acids is 2. The molecule has 2 aromatic carbocycles. The van der Waals surface area contributed by atoms with Crippen LogP contribution in [0.5, 0.6) is 0 Å². The summed E-state index contributed by atoms with van der Waals surface area (Å²) in [6, 6.07) is 14.4. The largest absolute Gasteiger partial charge is 0.321 e. The summed E-state index contributed by atoms with van der Waals surface area (Å²) in [4.78, 5) is 24.1. The standard InChI is InChI=1S/C15H11N3O2/c19-13-9-5-1-2-6-10(9)15(17-13)11-7-3-4-8-12(11)16-14(20)18-15/h1-8H,(H,17,19)(H2,16,18,20). The Labute approximate surface area is 115 Å². The van der Waals surface area contributed by atoms with Gasteiger partial charge in [-0.3, -0.25) is 4.79 Å². The average Bonchev–Trinajstić information content (AvgIpc) is 2.73. The van der Waals surface area contributed by atoms with E-state index in [0.717, 1.165) is 11.1 Å². The number of benzene rings is 2. The molecule has 0 radical (unpaired) electrons.